The van der Waals surface area contributed by atoms with Gasteiger partial charge in [0.15, 0.2) is 0 Å². The van der Waals surface area contributed by atoms with Crippen LogP contribution in [0.5, 0.6) is 0 Å². The maximum atomic E-state index is 11.9. The molecule has 0 N–H and O–H groups in total. The molecule has 1 nitrogen and oxygen atoms in total. The molecule has 0 bridgehead atoms. The Balaban J connectivity index is 1.82. The normalized spacial score (nSPS) is 15.8. The molecule has 1 saturated carbocycles. The van der Waals surface area contributed by atoms with Crippen LogP contribution < -0.4 is 0 Å². The van der Waals surface area contributed by atoms with Gasteiger partial charge in [0, 0.05) is 12.3 Å². The number of carbonyl (C=O) groups excluding carboxylic acids is 1. The Labute approximate surface area is 101 Å². The summed E-state index contributed by atoms with van der Waals surface area (Å²) in [6, 6.07) is 14.6. The third-order valence-corrected chi connectivity index (χ3v) is 3.75. The van der Waals surface area contributed by atoms with E-state index in [2.05, 4.69) is 30.3 Å². The average molecular weight is 224 g/mol. The van der Waals surface area contributed by atoms with Crippen LogP contribution in [-0.4, -0.2) is 5.78 Å². The lowest BCUT2D eigenvalue weighted by Gasteiger charge is -2.23. The molecule has 1 aliphatic rings. The Hall–Kier alpha value is -1.63. The van der Waals surface area contributed by atoms with Crippen molar-refractivity contribution in [2.24, 2.45) is 5.92 Å². The molecule has 2 aromatic carbocycles. The van der Waals surface area contributed by atoms with Crippen LogP contribution in [0, 0.1) is 5.92 Å². The molecule has 0 radical (unpaired) electrons. The molecule has 86 valence electrons. The van der Waals surface area contributed by atoms with Crippen molar-refractivity contribution in [1.29, 1.82) is 0 Å². The zero-order chi connectivity index (χ0) is 11.7. The molecule has 1 heteroatoms. The Morgan fingerprint density at radius 1 is 1.06 bits per heavy atom. The van der Waals surface area contributed by atoms with Gasteiger partial charge < -0.3 is 0 Å². The molecule has 0 heterocycles. The molecular weight excluding hydrogens is 208 g/mol. The van der Waals surface area contributed by atoms with Crippen LogP contribution in [0.15, 0.2) is 42.5 Å². The SMILES string of the molecule is O=C(Cc1ccc2ccccc2c1)C1CCC1. The van der Waals surface area contributed by atoms with Crippen molar-refractivity contribution >= 4 is 16.6 Å². The van der Waals surface area contributed by atoms with Gasteiger partial charge in [0.2, 0.25) is 0 Å². The first kappa shape index (κ1) is 10.5. The second-order valence-corrected chi connectivity index (χ2v) is 4.95. The van der Waals surface area contributed by atoms with E-state index in [0.717, 1.165) is 18.4 Å². The fourth-order valence-corrected chi connectivity index (χ4v) is 2.42. The number of carbonyl (C=O) groups is 1. The number of ketones is 1. The van der Waals surface area contributed by atoms with Gasteiger partial charge in [-0.1, -0.05) is 48.9 Å². The molecule has 0 unspecified atom stereocenters. The van der Waals surface area contributed by atoms with Crippen LogP contribution in [0.2, 0.25) is 0 Å². The summed E-state index contributed by atoms with van der Waals surface area (Å²) < 4.78 is 0. The molecule has 2 aromatic rings. The van der Waals surface area contributed by atoms with Gasteiger partial charge in [-0.25, -0.2) is 0 Å². The molecule has 0 spiro atoms. The number of Topliss-reactive ketones (excluding diaryl/α,β-unsaturated/α-hetero) is 1. The van der Waals surface area contributed by atoms with Crippen molar-refractivity contribution in [3.8, 4) is 0 Å². The highest BCUT2D eigenvalue weighted by Gasteiger charge is 2.24. The fraction of sp³-hybridized carbons (Fsp3) is 0.312. The van der Waals surface area contributed by atoms with Crippen molar-refractivity contribution in [2.75, 3.05) is 0 Å². The van der Waals surface area contributed by atoms with Crippen LogP contribution in [-0.2, 0) is 11.2 Å². The number of fused-ring (bicyclic) bond motifs is 1. The van der Waals surface area contributed by atoms with Gasteiger partial charge in [-0.2, -0.15) is 0 Å². The first-order valence-electron chi connectivity index (χ1n) is 6.33. The number of rotatable bonds is 3. The summed E-state index contributed by atoms with van der Waals surface area (Å²) in [5.74, 6) is 0.771. The van der Waals surface area contributed by atoms with Gasteiger partial charge in [-0.3, -0.25) is 4.79 Å². The first-order valence-corrected chi connectivity index (χ1v) is 6.33. The monoisotopic (exact) mass is 224 g/mol. The predicted octanol–water partition coefficient (Wildman–Crippen LogP) is 3.75. The zero-order valence-corrected chi connectivity index (χ0v) is 9.86. The van der Waals surface area contributed by atoms with Crippen molar-refractivity contribution in [2.45, 2.75) is 25.7 Å². The number of hydrogen-bond donors (Lipinski definition) is 0. The second kappa shape index (κ2) is 4.33. The largest absolute Gasteiger partial charge is 0.299 e. The minimum Gasteiger partial charge on any atom is -0.299 e. The Morgan fingerprint density at radius 3 is 2.53 bits per heavy atom. The topological polar surface area (TPSA) is 17.1 Å². The minimum absolute atomic E-state index is 0.349. The van der Waals surface area contributed by atoms with E-state index in [0.29, 0.717) is 18.1 Å². The Kier molecular flexibility index (Phi) is 2.68. The van der Waals surface area contributed by atoms with Gasteiger partial charge in [-0.15, -0.1) is 0 Å². The maximum Gasteiger partial charge on any atom is 0.140 e. The molecule has 1 aliphatic carbocycles. The van der Waals surface area contributed by atoms with E-state index in [4.69, 9.17) is 0 Å². The third-order valence-electron chi connectivity index (χ3n) is 3.75. The number of hydrogen-bond acceptors (Lipinski definition) is 1. The quantitative estimate of drug-likeness (QED) is 0.776. The van der Waals surface area contributed by atoms with E-state index in [1.807, 2.05) is 12.1 Å². The highest BCUT2D eigenvalue weighted by Crippen LogP contribution is 2.28. The van der Waals surface area contributed by atoms with Crippen LogP contribution in [0.25, 0.3) is 10.8 Å². The van der Waals surface area contributed by atoms with Crippen molar-refractivity contribution in [3.63, 3.8) is 0 Å². The summed E-state index contributed by atoms with van der Waals surface area (Å²) in [5.41, 5.74) is 1.15. The van der Waals surface area contributed by atoms with Gasteiger partial charge >= 0.3 is 0 Å². The van der Waals surface area contributed by atoms with Gasteiger partial charge in [-0.05, 0) is 29.2 Å². The van der Waals surface area contributed by atoms with Crippen LogP contribution in [0.1, 0.15) is 24.8 Å². The van der Waals surface area contributed by atoms with Gasteiger partial charge in [0.1, 0.15) is 5.78 Å². The molecular formula is C16H16O. The van der Waals surface area contributed by atoms with E-state index in [9.17, 15) is 4.79 Å². The van der Waals surface area contributed by atoms with Gasteiger partial charge in [0.25, 0.3) is 0 Å². The first-order chi connectivity index (χ1) is 8.33. The summed E-state index contributed by atoms with van der Waals surface area (Å²) in [7, 11) is 0. The molecule has 1 fully saturated rings. The lowest BCUT2D eigenvalue weighted by Crippen LogP contribution is -2.23. The highest BCUT2D eigenvalue weighted by atomic mass is 16.1. The summed E-state index contributed by atoms with van der Waals surface area (Å²) in [6.07, 6.45) is 4.04. The molecule has 17 heavy (non-hydrogen) atoms. The molecule has 3 rings (SSSR count). The Bertz CT molecular complexity index is 552. The van der Waals surface area contributed by atoms with Crippen LogP contribution in [0.4, 0.5) is 0 Å². The lowest BCUT2D eigenvalue weighted by atomic mass is 9.80. The van der Waals surface area contributed by atoms with E-state index in [1.54, 1.807) is 0 Å². The van der Waals surface area contributed by atoms with Crippen molar-refractivity contribution in [1.82, 2.24) is 0 Å². The van der Waals surface area contributed by atoms with E-state index < -0.39 is 0 Å². The van der Waals surface area contributed by atoms with Crippen LogP contribution >= 0.6 is 0 Å². The molecule has 0 saturated heterocycles. The zero-order valence-electron chi connectivity index (χ0n) is 9.86. The predicted molar refractivity (Wildman–Crippen MR) is 70.0 cm³/mol. The fourth-order valence-electron chi connectivity index (χ4n) is 2.42. The Morgan fingerprint density at radius 2 is 1.82 bits per heavy atom. The van der Waals surface area contributed by atoms with E-state index >= 15 is 0 Å². The molecule has 0 atom stereocenters. The van der Waals surface area contributed by atoms with Gasteiger partial charge in [0.05, 0.1) is 0 Å². The van der Waals surface area contributed by atoms with Crippen LogP contribution in [0.3, 0.4) is 0 Å². The molecule has 0 aliphatic heterocycles. The molecule has 0 amide bonds. The summed E-state index contributed by atoms with van der Waals surface area (Å²) >= 11 is 0. The lowest BCUT2D eigenvalue weighted by molar-refractivity contribution is -0.124. The van der Waals surface area contributed by atoms with E-state index in [1.165, 1.54) is 17.2 Å². The highest BCUT2D eigenvalue weighted by molar-refractivity contribution is 5.87. The standard InChI is InChI=1S/C16H16O/c17-16(14-6-3-7-14)11-12-8-9-13-4-1-2-5-15(13)10-12/h1-2,4-5,8-10,14H,3,6-7,11H2. The smallest absolute Gasteiger partial charge is 0.140 e. The number of benzene rings is 2. The van der Waals surface area contributed by atoms with E-state index in [-0.39, 0.29) is 0 Å². The van der Waals surface area contributed by atoms with Crippen molar-refractivity contribution < 1.29 is 4.79 Å². The average Bonchev–Trinajstić information content (AvgIpc) is 2.26. The third kappa shape index (κ3) is 2.10. The summed E-state index contributed by atoms with van der Waals surface area (Å²) in [6.45, 7) is 0. The molecule has 0 aromatic heterocycles. The second-order valence-electron chi connectivity index (χ2n) is 4.95. The maximum absolute atomic E-state index is 11.9. The summed E-state index contributed by atoms with van der Waals surface area (Å²) in [5, 5.41) is 2.47. The van der Waals surface area contributed by atoms with Crippen molar-refractivity contribution in [3.05, 3.63) is 48.0 Å². The minimum atomic E-state index is 0.349. The summed E-state index contributed by atoms with van der Waals surface area (Å²) in [4.78, 5) is 11.9.